The average molecular weight is 469 g/mol. The van der Waals surface area contributed by atoms with Gasteiger partial charge in [0, 0.05) is 20.1 Å². The van der Waals surface area contributed by atoms with E-state index in [1.54, 1.807) is 31.3 Å². The summed E-state index contributed by atoms with van der Waals surface area (Å²) in [4.78, 5) is 25.9. The number of hydrogen-bond acceptors (Lipinski definition) is 6. The van der Waals surface area contributed by atoms with Gasteiger partial charge in [-0.2, -0.15) is 0 Å². The van der Waals surface area contributed by atoms with Crippen molar-refractivity contribution in [2.24, 2.45) is 0 Å². The zero-order valence-corrected chi connectivity index (χ0v) is 18.8. The molecule has 0 spiro atoms. The number of aromatic hydroxyl groups is 1. The topological polar surface area (TPSA) is 113 Å². The summed E-state index contributed by atoms with van der Waals surface area (Å²) in [7, 11) is -2.38. The number of ether oxygens (including phenoxy) is 1. The van der Waals surface area contributed by atoms with Crippen LogP contribution in [0, 0.1) is 0 Å². The number of amides is 1. The van der Waals surface area contributed by atoms with Gasteiger partial charge in [0.1, 0.15) is 11.3 Å². The molecule has 0 aromatic heterocycles. The third kappa shape index (κ3) is 6.64. The number of carbonyl (C=O) groups is 2. The number of sulfonamides is 1. The standard InChI is InChI=1S/C24H24N2O6S/c1-26(16-19-10-6-3-7-11-19)23(28)17-32-24(29)21-14-20(12-13-22(21)27)33(30,31)25-15-18-8-4-2-5-9-18/h2-14,25,27H,15-17H2,1H3. The molecule has 0 atom stereocenters. The van der Waals surface area contributed by atoms with E-state index < -0.39 is 34.3 Å². The van der Waals surface area contributed by atoms with Gasteiger partial charge in [-0.05, 0) is 29.3 Å². The molecule has 3 aromatic rings. The Kier molecular flexibility index (Phi) is 7.81. The highest BCUT2D eigenvalue weighted by Crippen LogP contribution is 2.22. The molecule has 0 saturated heterocycles. The lowest BCUT2D eigenvalue weighted by molar-refractivity contribution is -0.133. The van der Waals surface area contributed by atoms with Gasteiger partial charge in [0.2, 0.25) is 10.0 Å². The Bertz CT molecular complexity index is 1210. The summed E-state index contributed by atoms with van der Waals surface area (Å²) in [6, 6.07) is 21.5. The summed E-state index contributed by atoms with van der Waals surface area (Å²) in [5.41, 5.74) is 1.33. The van der Waals surface area contributed by atoms with Crippen LogP contribution in [0.3, 0.4) is 0 Å². The van der Waals surface area contributed by atoms with Gasteiger partial charge in [-0.3, -0.25) is 4.79 Å². The molecule has 0 aliphatic carbocycles. The molecule has 33 heavy (non-hydrogen) atoms. The summed E-state index contributed by atoms with van der Waals surface area (Å²) in [6.07, 6.45) is 0. The SMILES string of the molecule is CN(Cc1ccccc1)C(=O)COC(=O)c1cc(S(=O)(=O)NCc2ccccc2)ccc1O. The largest absolute Gasteiger partial charge is 0.507 e. The van der Waals surface area contributed by atoms with Gasteiger partial charge in [0.05, 0.1) is 4.90 Å². The molecule has 3 aromatic carbocycles. The van der Waals surface area contributed by atoms with E-state index in [1.165, 1.54) is 11.0 Å². The number of likely N-dealkylation sites (N-methyl/N-ethyl adjacent to an activating group) is 1. The van der Waals surface area contributed by atoms with Crippen molar-refractivity contribution >= 4 is 21.9 Å². The number of nitrogens with one attached hydrogen (secondary N) is 1. The van der Waals surface area contributed by atoms with Crippen LogP contribution in [0.2, 0.25) is 0 Å². The van der Waals surface area contributed by atoms with Crippen molar-refractivity contribution in [2.45, 2.75) is 18.0 Å². The molecule has 172 valence electrons. The monoisotopic (exact) mass is 468 g/mol. The lowest BCUT2D eigenvalue weighted by atomic mass is 10.2. The molecule has 0 heterocycles. The number of phenolic OH excluding ortho intramolecular Hbond substituents is 1. The Morgan fingerprint density at radius 3 is 2.18 bits per heavy atom. The van der Waals surface area contributed by atoms with Crippen molar-refractivity contribution in [2.75, 3.05) is 13.7 Å². The summed E-state index contributed by atoms with van der Waals surface area (Å²) >= 11 is 0. The van der Waals surface area contributed by atoms with Crippen LogP contribution < -0.4 is 4.72 Å². The molecule has 9 heteroatoms. The van der Waals surface area contributed by atoms with Crippen LogP contribution in [0.1, 0.15) is 21.5 Å². The molecular weight excluding hydrogens is 444 g/mol. The van der Waals surface area contributed by atoms with Crippen molar-refractivity contribution in [3.05, 3.63) is 95.6 Å². The van der Waals surface area contributed by atoms with Gasteiger partial charge in [-0.1, -0.05) is 60.7 Å². The van der Waals surface area contributed by atoms with Gasteiger partial charge < -0.3 is 14.7 Å². The molecule has 0 aliphatic rings. The van der Waals surface area contributed by atoms with Crippen molar-refractivity contribution in [3.8, 4) is 5.75 Å². The van der Waals surface area contributed by atoms with Gasteiger partial charge in [-0.25, -0.2) is 17.9 Å². The fraction of sp³-hybridized carbons (Fsp3) is 0.167. The van der Waals surface area contributed by atoms with E-state index in [9.17, 15) is 23.1 Å². The Labute approximate surface area is 192 Å². The van der Waals surface area contributed by atoms with E-state index in [0.29, 0.717) is 6.54 Å². The minimum Gasteiger partial charge on any atom is -0.507 e. The van der Waals surface area contributed by atoms with Crippen molar-refractivity contribution in [1.82, 2.24) is 9.62 Å². The Morgan fingerprint density at radius 2 is 1.55 bits per heavy atom. The van der Waals surface area contributed by atoms with Crippen molar-refractivity contribution in [1.29, 1.82) is 0 Å². The zero-order chi connectivity index (χ0) is 23.8. The molecular formula is C24H24N2O6S. The fourth-order valence-corrected chi connectivity index (χ4v) is 4.01. The lowest BCUT2D eigenvalue weighted by Gasteiger charge is -2.17. The van der Waals surface area contributed by atoms with Gasteiger partial charge in [-0.15, -0.1) is 0 Å². The highest BCUT2D eigenvalue weighted by molar-refractivity contribution is 7.89. The Morgan fingerprint density at radius 1 is 0.939 bits per heavy atom. The summed E-state index contributed by atoms with van der Waals surface area (Å²) in [5.74, 6) is -1.90. The summed E-state index contributed by atoms with van der Waals surface area (Å²) < 4.78 is 32.7. The molecule has 8 nitrogen and oxygen atoms in total. The van der Waals surface area contributed by atoms with E-state index >= 15 is 0 Å². The fourth-order valence-electron chi connectivity index (χ4n) is 2.96. The molecule has 3 rings (SSSR count). The molecule has 0 aliphatic heterocycles. The second-order valence-electron chi connectivity index (χ2n) is 7.30. The number of benzene rings is 3. The minimum atomic E-state index is -3.95. The van der Waals surface area contributed by atoms with Crippen LogP contribution >= 0.6 is 0 Å². The smallest absolute Gasteiger partial charge is 0.342 e. The third-order valence-electron chi connectivity index (χ3n) is 4.82. The number of hydrogen-bond donors (Lipinski definition) is 2. The van der Waals surface area contributed by atoms with Crippen LogP contribution in [0.5, 0.6) is 5.75 Å². The van der Waals surface area contributed by atoms with Gasteiger partial charge in [0.15, 0.2) is 6.61 Å². The van der Waals surface area contributed by atoms with Crippen LogP contribution in [0.15, 0.2) is 83.8 Å². The number of rotatable bonds is 9. The van der Waals surface area contributed by atoms with Crippen LogP contribution in [0.25, 0.3) is 0 Å². The molecule has 0 bridgehead atoms. The van der Waals surface area contributed by atoms with E-state index in [-0.39, 0.29) is 17.0 Å². The van der Waals surface area contributed by atoms with Crippen LogP contribution in [0.4, 0.5) is 0 Å². The number of esters is 1. The maximum Gasteiger partial charge on any atom is 0.342 e. The predicted molar refractivity (Wildman–Crippen MR) is 122 cm³/mol. The third-order valence-corrected chi connectivity index (χ3v) is 6.22. The van der Waals surface area contributed by atoms with E-state index in [2.05, 4.69) is 4.72 Å². The number of nitrogens with zero attached hydrogens (tertiary/aromatic N) is 1. The minimum absolute atomic E-state index is 0.0616. The van der Waals surface area contributed by atoms with Crippen molar-refractivity contribution < 1.29 is 27.9 Å². The van der Waals surface area contributed by atoms with Crippen molar-refractivity contribution in [3.63, 3.8) is 0 Å². The highest BCUT2D eigenvalue weighted by Gasteiger charge is 2.21. The molecule has 0 fully saturated rings. The van der Waals surface area contributed by atoms with E-state index in [1.807, 2.05) is 36.4 Å². The molecule has 0 saturated carbocycles. The first-order valence-electron chi connectivity index (χ1n) is 10.1. The van der Waals surface area contributed by atoms with E-state index in [4.69, 9.17) is 4.74 Å². The predicted octanol–water partition coefficient (Wildman–Crippen LogP) is 2.69. The summed E-state index contributed by atoms with van der Waals surface area (Å²) in [6.45, 7) is -0.153. The number of carbonyl (C=O) groups excluding carboxylic acids is 2. The maximum absolute atomic E-state index is 12.6. The normalized spacial score (nSPS) is 11.1. The van der Waals surface area contributed by atoms with Crippen LogP contribution in [-0.4, -0.2) is 44.0 Å². The maximum atomic E-state index is 12.6. The second-order valence-corrected chi connectivity index (χ2v) is 9.07. The molecule has 1 amide bonds. The first-order chi connectivity index (χ1) is 15.8. The van der Waals surface area contributed by atoms with Crippen LogP contribution in [-0.2, 0) is 32.6 Å². The Hall–Kier alpha value is -3.69. The number of phenols is 1. The van der Waals surface area contributed by atoms with Gasteiger partial charge >= 0.3 is 5.97 Å². The Balaban J connectivity index is 1.63. The second kappa shape index (κ2) is 10.8. The van der Waals surface area contributed by atoms with Gasteiger partial charge in [0.25, 0.3) is 5.91 Å². The first kappa shape index (κ1) is 24.0. The average Bonchev–Trinajstić information content (AvgIpc) is 2.82. The molecule has 0 radical (unpaired) electrons. The summed E-state index contributed by atoms with van der Waals surface area (Å²) in [5, 5.41) is 10.0. The van der Waals surface area contributed by atoms with E-state index in [0.717, 1.165) is 23.3 Å². The molecule has 2 N–H and O–H groups in total. The zero-order valence-electron chi connectivity index (χ0n) is 18.0. The quantitative estimate of drug-likeness (QED) is 0.467. The first-order valence-corrected chi connectivity index (χ1v) is 11.6. The highest BCUT2D eigenvalue weighted by atomic mass is 32.2. The molecule has 0 unspecified atom stereocenters. The lowest BCUT2D eigenvalue weighted by Crippen LogP contribution is -2.30.